The maximum Gasteiger partial charge on any atom is 0.169 e. The van der Waals surface area contributed by atoms with Gasteiger partial charge in [0.1, 0.15) is 5.75 Å². The van der Waals surface area contributed by atoms with Crippen LogP contribution in [0, 0.1) is 17.6 Å². The van der Waals surface area contributed by atoms with Gasteiger partial charge in [0.25, 0.3) is 0 Å². The van der Waals surface area contributed by atoms with Crippen LogP contribution in [0.5, 0.6) is 5.75 Å². The van der Waals surface area contributed by atoms with Gasteiger partial charge in [-0.25, -0.2) is 8.78 Å². The Kier molecular flexibility index (Phi) is 2.42. The lowest BCUT2D eigenvalue weighted by molar-refractivity contribution is 0.0964. The molecule has 0 saturated heterocycles. The summed E-state index contributed by atoms with van der Waals surface area (Å²) in [5, 5.41) is 0. The van der Waals surface area contributed by atoms with Crippen molar-refractivity contribution in [3.8, 4) is 5.75 Å². The third-order valence-corrected chi connectivity index (χ3v) is 2.46. The van der Waals surface area contributed by atoms with Gasteiger partial charge in [-0.05, 0) is 18.9 Å². The van der Waals surface area contributed by atoms with Crippen molar-refractivity contribution in [2.45, 2.75) is 12.8 Å². The number of carbonyl (C=O) groups excluding carboxylic acids is 1. The van der Waals surface area contributed by atoms with E-state index in [4.69, 9.17) is 4.74 Å². The van der Waals surface area contributed by atoms with Crippen LogP contribution in [-0.2, 0) is 0 Å². The molecule has 0 bridgehead atoms. The summed E-state index contributed by atoms with van der Waals surface area (Å²) in [7, 11) is 1.33. The predicted molar refractivity (Wildman–Crippen MR) is 50.0 cm³/mol. The van der Waals surface area contributed by atoms with Gasteiger partial charge in [-0.1, -0.05) is 0 Å². The summed E-state index contributed by atoms with van der Waals surface area (Å²) in [6.45, 7) is 0. The molecule has 1 aromatic rings. The smallest absolute Gasteiger partial charge is 0.169 e. The summed E-state index contributed by atoms with van der Waals surface area (Å²) in [6, 6.07) is 1.82. The number of ketones is 1. The fraction of sp³-hybridized carbons (Fsp3) is 0.364. The largest absolute Gasteiger partial charge is 0.496 e. The molecule has 0 radical (unpaired) electrons. The van der Waals surface area contributed by atoms with Crippen LogP contribution >= 0.6 is 0 Å². The lowest BCUT2D eigenvalue weighted by Gasteiger charge is -2.07. The summed E-state index contributed by atoms with van der Waals surface area (Å²) in [5.41, 5.74) is 0.138. The minimum absolute atomic E-state index is 0.0382. The maximum atomic E-state index is 13.0. The van der Waals surface area contributed by atoms with E-state index in [1.807, 2.05) is 0 Å². The first-order valence-corrected chi connectivity index (χ1v) is 4.70. The second-order valence-corrected chi connectivity index (χ2v) is 3.61. The van der Waals surface area contributed by atoms with Crippen molar-refractivity contribution in [3.05, 3.63) is 29.3 Å². The van der Waals surface area contributed by atoms with Crippen LogP contribution in [0.3, 0.4) is 0 Å². The number of hydrogen-bond acceptors (Lipinski definition) is 2. The fourth-order valence-corrected chi connectivity index (χ4v) is 1.46. The van der Waals surface area contributed by atoms with Crippen molar-refractivity contribution in [2.75, 3.05) is 7.11 Å². The Labute approximate surface area is 85.9 Å². The number of carbonyl (C=O) groups is 1. The topological polar surface area (TPSA) is 26.3 Å². The molecule has 0 atom stereocenters. The van der Waals surface area contributed by atoms with Gasteiger partial charge in [0.05, 0.1) is 12.7 Å². The van der Waals surface area contributed by atoms with Crippen molar-refractivity contribution in [1.29, 1.82) is 0 Å². The predicted octanol–water partition coefficient (Wildman–Crippen LogP) is 2.57. The number of ether oxygens (including phenoxy) is 1. The molecule has 1 fully saturated rings. The second kappa shape index (κ2) is 3.61. The Hall–Kier alpha value is -1.45. The standard InChI is InChI=1S/C11H10F2O2/c1-15-10-5-9(13)8(12)4-7(10)11(14)6-2-3-6/h4-6H,2-3H2,1H3. The summed E-state index contributed by atoms with van der Waals surface area (Å²) in [5.74, 6) is -2.11. The number of benzene rings is 1. The van der Waals surface area contributed by atoms with Crippen LogP contribution in [-0.4, -0.2) is 12.9 Å². The van der Waals surface area contributed by atoms with Gasteiger partial charge in [0, 0.05) is 12.0 Å². The molecule has 1 aromatic carbocycles. The molecule has 1 saturated carbocycles. The molecule has 2 rings (SSSR count). The van der Waals surface area contributed by atoms with Gasteiger partial charge < -0.3 is 4.74 Å². The van der Waals surface area contributed by atoms with Crippen LogP contribution in [0.2, 0.25) is 0 Å². The lowest BCUT2D eigenvalue weighted by atomic mass is 10.1. The van der Waals surface area contributed by atoms with Crippen molar-refractivity contribution in [2.24, 2.45) is 5.92 Å². The number of hydrogen-bond donors (Lipinski definition) is 0. The molecule has 0 amide bonds. The van der Waals surface area contributed by atoms with Gasteiger partial charge in [-0.3, -0.25) is 4.79 Å². The molecule has 0 N–H and O–H groups in total. The number of halogens is 2. The number of rotatable bonds is 3. The second-order valence-electron chi connectivity index (χ2n) is 3.61. The Morgan fingerprint density at radius 3 is 2.47 bits per heavy atom. The zero-order chi connectivity index (χ0) is 11.0. The highest BCUT2D eigenvalue weighted by molar-refractivity contribution is 6.01. The fourth-order valence-electron chi connectivity index (χ4n) is 1.46. The Bertz CT molecular complexity index is 411. The first kappa shape index (κ1) is 10.1. The van der Waals surface area contributed by atoms with E-state index in [1.165, 1.54) is 7.11 Å². The van der Waals surface area contributed by atoms with E-state index in [0.717, 1.165) is 25.0 Å². The van der Waals surface area contributed by atoms with E-state index in [2.05, 4.69) is 0 Å². The first-order chi connectivity index (χ1) is 7.13. The van der Waals surface area contributed by atoms with E-state index in [-0.39, 0.29) is 23.0 Å². The van der Waals surface area contributed by atoms with Crippen LogP contribution in [0.1, 0.15) is 23.2 Å². The monoisotopic (exact) mass is 212 g/mol. The highest BCUT2D eigenvalue weighted by Crippen LogP contribution is 2.35. The Morgan fingerprint density at radius 2 is 1.93 bits per heavy atom. The maximum absolute atomic E-state index is 13.0. The minimum atomic E-state index is -1.01. The molecule has 80 valence electrons. The van der Waals surface area contributed by atoms with Crippen molar-refractivity contribution in [1.82, 2.24) is 0 Å². The number of methoxy groups -OCH3 is 1. The molecule has 15 heavy (non-hydrogen) atoms. The van der Waals surface area contributed by atoms with E-state index < -0.39 is 11.6 Å². The SMILES string of the molecule is COc1cc(F)c(F)cc1C(=O)C1CC1. The minimum Gasteiger partial charge on any atom is -0.496 e. The normalized spacial score (nSPS) is 15.1. The zero-order valence-electron chi connectivity index (χ0n) is 8.22. The number of Topliss-reactive ketones (excluding diaryl/α,β-unsaturated/α-hetero) is 1. The average Bonchev–Trinajstić information content (AvgIpc) is 3.04. The van der Waals surface area contributed by atoms with Crippen LogP contribution in [0.15, 0.2) is 12.1 Å². The van der Waals surface area contributed by atoms with Crippen LogP contribution in [0.4, 0.5) is 8.78 Å². The first-order valence-electron chi connectivity index (χ1n) is 4.70. The molecular formula is C11H10F2O2. The van der Waals surface area contributed by atoms with Gasteiger partial charge in [0.2, 0.25) is 0 Å². The highest BCUT2D eigenvalue weighted by atomic mass is 19.2. The molecule has 0 heterocycles. The van der Waals surface area contributed by atoms with E-state index in [0.29, 0.717) is 0 Å². The van der Waals surface area contributed by atoms with Gasteiger partial charge in [-0.15, -0.1) is 0 Å². The molecule has 0 unspecified atom stereocenters. The van der Waals surface area contributed by atoms with Gasteiger partial charge in [-0.2, -0.15) is 0 Å². The van der Waals surface area contributed by atoms with Gasteiger partial charge in [0.15, 0.2) is 17.4 Å². The van der Waals surface area contributed by atoms with E-state index in [1.54, 1.807) is 0 Å². The summed E-state index contributed by atoms with van der Waals surface area (Å²) in [4.78, 5) is 11.7. The summed E-state index contributed by atoms with van der Waals surface area (Å²) < 4.78 is 30.7. The molecule has 2 nitrogen and oxygen atoms in total. The van der Waals surface area contributed by atoms with E-state index >= 15 is 0 Å². The molecule has 0 aliphatic heterocycles. The van der Waals surface area contributed by atoms with Crippen molar-refractivity contribution in [3.63, 3.8) is 0 Å². The Balaban J connectivity index is 2.43. The third-order valence-electron chi connectivity index (χ3n) is 2.46. The molecule has 1 aliphatic rings. The van der Waals surface area contributed by atoms with Crippen molar-refractivity contribution >= 4 is 5.78 Å². The molecular weight excluding hydrogens is 202 g/mol. The van der Waals surface area contributed by atoms with Crippen LogP contribution in [0.25, 0.3) is 0 Å². The zero-order valence-corrected chi connectivity index (χ0v) is 8.22. The quantitative estimate of drug-likeness (QED) is 0.720. The van der Waals surface area contributed by atoms with Crippen molar-refractivity contribution < 1.29 is 18.3 Å². The molecule has 0 aromatic heterocycles. The highest BCUT2D eigenvalue weighted by Gasteiger charge is 2.32. The third kappa shape index (κ3) is 1.84. The molecule has 4 heteroatoms. The molecule has 0 spiro atoms. The Morgan fingerprint density at radius 1 is 1.33 bits per heavy atom. The summed E-state index contributed by atoms with van der Waals surface area (Å²) >= 11 is 0. The lowest BCUT2D eigenvalue weighted by Crippen LogP contribution is -2.05. The van der Waals surface area contributed by atoms with E-state index in [9.17, 15) is 13.6 Å². The average molecular weight is 212 g/mol. The summed E-state index contributed by atoms with van der Waals surface area (Å²) in [6.07, 6.45) is 1.64. The van der Waals surface area contributed by atoms with Gasteiger partial charge >= 0.3 is 0 Å². The van der Waals surface area contributed by atoms with Crippen LogP contribution < -0.4 is 4.74 Å². The molecule has 1 aliphatic carbocycles.